The smallest absolute Gasteiger partial charge is 0.142 e. The van der Waals surface area contributed by atoms with Crippen molar-refractivity contribution in [3.05, 3.63) is 23.8 Å². The van der Waals surface area contributed by atoms with Crippen LogP contribution in [0, 0.1) is 0 Å². The summed E-state index contributed by atoms with van der Waals surface area (Å²) in [6.45, 7) is 2.51. The second-order valence-electron chi connectivity index (χ2n) is 1.90. The van der Waals surface area contributed by atoms with Crippen molar-refractivity contribution in [3.63, 3.8) is 0 Å². The molecule has 0 heterocycles. The van der Waals surface area contributed by atoms with Crippen LogP contribution in [0.3, 0.4) is 0 Å². The van der Waals surface area contributed by atoms with Crippen molar-refractivity contribution in [2.24, 2.45) is 0 Å². The Morgan fingerprint density at radius 2 is 2.30 bits per heavy atom. The summed E-state index contributed by atoms with van der Waals surface area (Å²) in [5.74, 6) is 0. The average molecular weight is 140 g/mol. The molecule has 10 heavy (non-hydrogen) atoms. The van der Waals surface area contributed by atoms with Gasteiger partial charge in [0.2, 0.25) is 0 Å². The predicted octanol–water partition coefficient (Wildman–Crippen LogP) is 1.33. The maximum absolute atomic E-state index is 9.84. The third-order valence-corrected chi connectivity index (χ3v) is 1.01. The van der Waals surface area contributed by atoms with Gasteiger partial charge in [0, 0.05) is 7.11 Å². The van der Waals surface area contributed by atoms with Crippen molar-refractivity contribution in [1.29, 1.82) is 0 Å². The summed E-state index contributed by atoms with van der Waals surface area (Å²) in [4.78, 5) is 9.84. The van der Waals surface area contributed by atoms with Crippen LogP contribution in [0.4, 0.5) is 0 Å². The number of rotatable bonds is 4. The molecule has 0 amide bonds. The lowest BCUT2D eigenvalue weighted by Crippen LogP contribution is -1.82. The van der Waals surface area contributed by atoms with Gasteiger partial charge in [0.05, 0.1) is 6.61 Å². The van der Waals surface area contributed by atoms with Crippen LogP contribution in [0.25, 0.3) is 0 Å². The average Bonchev–Trinajstić information content (AvgIpc) is 1.97. The third-order valence-electron chi connectivity index (χ3n) is 1.01. The molecule has 0 saturated heterocycles. The fourth-order valence-electron chi connectivity index (χ4n) is 0.474. The quantitative estimate of drug-likeness (QED) is 0.334. The molecule has 2 nitrogen and oxygen atoms in total. The number of carbonyl (C=O) groups excluding carboxylic acids is 1. The fraction of sp³-hybridized carbons (Fsp3) is 0.375. The van der Waals surface area contributed by atoms with E-state index in [4.69, 9.17) is 4.74 Å². The summed E-state index contributed by atoms with van der Waals surface area (Å²) < 4.78 is 4.79. The van der Waals surface area contributed by atoms with Crippen molar-refractivity contribution < 1.29 is 9.53 Å². The summed E-state index contributed by atoms with van der Waals surface area (Å²) in [5, 5.41) is 0. The largest absolute Gasteiger partial charge is 0.381 e. The SMILES string of the molecule is COC/C=C(C)/C=C/C=O. The molecule has 0 N–H and O–H groups in total. The monoisotopic (exact) mass is 140 g/mol. The van der Waals surface area contributed by atoms with Crippen LogP contribution in [0.2, 0.25) is 0 Å². The number of ether oxygens (including phenoxy) is 1. The van der Waals surface area contributed by atoms with Gasteiger partial charge >= 0.3 is 0 Å². The van der Waals surface area contributed by atoms with Gasteiger partial charge in [-0.2, -0.15) is 0 Å². The zero-order valence-electron chi connectivity index (χ0n) is 6.33. The fourth-order valence-corrected chi connectivity index (χ4v) is 0.474. The Bertz CT molecular complexity index is 145. The van der Waals surface area contributed by atoms with E-state index in [1.807, 2.05) is 13.0 Å². The van der Waals surface area contributed by atoms with Gasteiger partial charge in [-0.05, 0) is 13.0 Å². The molecule has 0 saturated carbocycles. The molecule has 0 fully saturated rings. The highest BCUT2D eigenvalue weighted by molar-refractivity contribution is 5.65. The highest BCUT2D eigenvalue weighted by Gasteiger charge is 1.78. The van der Waals surface area contributed by atoms with E-state index in [2.05, 4.69) is 0 Å². The molecular weight excluding hydrogens is 128 g/mol. The van der Waals surface area contributed by atoms with Gasteiger partial charge in [-0.3, -0.25) is 4.79 Å². The first-order chi connectivity index (χ1) is 4.81. The second kappa shape index (κ2) is 6.23. The van der Waals surface area contributed by atoms with Crippen LogP contribution < -0.4 is 0 Å². The molecule has 0 rings (SSSR count). The third kappa shape index (κ3) is 5.25. The first-order valence-electron chi connectivity index (χ1n) is 3.08. The van der Waals surface area contributed by atoms with Crippen LogP contribution in [0.15, 0.2) is 23.8 Å². The summed E-state index contributed by atoms with van der Waals surface area (Å²) in [6.07, 6.45) is 5.86. The van der Waals surface area contributed by atoms with E-state index in [1.54, 1.807) is 13.2 Å². The molecule has 0 aliphatic heterocycles. The van der Waals surface area contributed by atoms with Crippen molar-refractivity contribution in [3.8, 4) is 0 Å². The molecule has 0 aromatic carbocycles. The van der Waals surface area contributed by atoms with Crippen molar-refractivity contribution in [2.45, 2.75) is 6.92 Å². The van der Waals surface area contributed by atoms with E-state index in [-0.39, 0.29) is 0 Å². The number of carbonyl (C=O) groups is 1. The Balaban J connectivity index is 3.69. The molecule has 0 aliphatic carbocycles. The second-order valence-corrected chi connectivity index (χ2v) is 1.90. The standard InChI is InChI=1S/C8H12O2/c1-8(4-3-6-9)5-7-10-2/h3-6H,7H2,1-2H3/b4-3+,8-5+. The van der Waals surface area contributed by atoms with E-state index in [0.717, 1.165) is 11.9 Å². The molecule has 0 aromatic heterocycles. The topological polar surface area (TPSA) is 26.3 Å². The normalized spacial score (nSPS) is 12.4. The first-order valence-corrected chi connectivity index (χ1v) is 3.08. The highest BCUT2D eigenvalue weighted by atomic mass is 16.5. The van der Waals surface area contributed by atoms with Crippen molar-refractivity contribution in [2.75, 3.05) is 13.7 Å². The minimum Gasteiger partial charge on any atom is -0.381 e. The number of hydrogen-bond acceptors (Lipinski definition) is 2. The van der Waals surface area contributed by atoms with Gasteiger partial charge < -0.3 is 4.74 Å². The summed E-state index contributed by atoms with van der Waals surface area (Å²) in [7, 11) is 1.63. The van der Waals surface area contributed by atoms with E-state index in [9.17, 15) is 4.79 Å². The van der Waals surface area contributed by atoms with Gasteiger partial charge in [0.25, 0.3) is 0 Å². The molecular formula is C8H12O2. The molecule has 56 valence electrons. The molecule has 0 aromatic rings. The molecule has 0 unspecified atom stereocenters. The molecule has 0 spiro atoms. The first kappa shape index (κ1) is 9.11. The number of methoxy groups -OCH3 is 1. The van der Waals surface area contributed by atoms with Crippen molar-refractivity contribution >= 4 is 6.29 Å². The molecule has 0 bridgehead atoms. The number of allylic oxidation sites excluding steroid dienone is 3. The Kier molecular flexibility index (Phi) is 5.68. The lowest BCUT2D eigenvalue weighted by atomic mass is 10.2. The summed E-state index contributed by atoms with van der Waals surface area (Å²) >= 11 is 0. The van der Waals surface area contributed by atoms with Gasteiger partial charge in [0.1, 0.15) is 6.29 Å². The van der Waals surface area contributed by atoms with Crippen LogP contribution in [0.1, 0.15) is 6.92 Å². The highest BCUT2D eigenvalue weighted by Crippen LogP contribution is 1.92. The van der Waals surface area contributed by atoms with Crippen molar-refractivity contribution in [1.82, 2.24) is 0 Å². The van der Waals surface area contributed by atoms with Crippen LogP contribution in [0.5, 0.6) is 0 Å². The van der Waals surface area contributed by atoms with E-state index >= 15 is 0 Å². The zero-order chi connectivity index (χ0) is 7.82. The number of hydrogen-bond donors (Lipinski definition) is 0. The van der Waals surface area contributed by atoms with E-state index in [0.29, 0.717) is 6.61 Å². The van der Waals surface area contributed by atoms with Gasteiger partial charge in [-0.1, -0.05) is 17.7 Å². The van der Waals surface area contributed by atoms with Crippen LogP contribution in [-0.2, 0) is 9.53 Å². The summed E-state index contributed by atoms with van der Waals surface area (Å²) in [5.41, 5.74) is 1.04. The lowest BCUT2D eigenvalue weighted by molar-refractivity contribution is -0.104. The van der Waals surface area contributed by atoms with Gasteiger partial charge in [0.15, 0.2) is 0 Å². The predicted molar refractivity (Wildman–Crippen MR) is 40.8 cm³/mol. The van der Waals surface area contributed by atoms with E-state index < -0.39 is 0 Å². The van der Waals surface area contributed by atoms with Gasteiger partial charge in [-0.25, -0.2) is 0 Å². The Morgan fingerprint density at radius 3 is 2.80 bits per heavy atom. The van der Waals surface area contributed by atoms with Gasteiger partial charge in [-0.15, -0.1) is 0 Å². The molecule has 0 atom stereocenters. The zero-order valence-corrected chi connectivity index (χ0v) is 6.33. The van der Waals surface area contributed by atoms with Crippen LogP contribution in [-0.4, -0.2) is 20.0 Å². The minimum absolute atomic E-state index is 0.592. The number of aldehydes is 1. The Labute approximate surface area is 61.2 Å². The summed E-state index contributed by atoms with van der Waals surface area (Å²) in [6, 6.07) is 0. The Hall–Kier alpha value is -0.890. The minimum atomic E-state index is 0.592. The molecule has 0 aliphatic rings. The van der Waals surface area contributed by atoms with E-state index in [1.165, 1.54) is 6.08 Å². The maximum atomic E-state index is 9.84. The molecule has 0 radical (unpaired) electrons. The lowest BCUT2D eigenvalue weighted by Gasteiger charge is -1.90. The maximum Gasteiger partial charge on any atom is 0.142 e. The van der Waals surface area contributed by atoms with Crippen LogP contribution >= 0.6 is 0 Å². The molecule has 2 heteroatoms. The Morgan fingerprint density at radius 1 is 1.60 bits per heavy atom.